The van der Waals surface area contributed by atoms with E-state index >= 15 is 0 Å². The van der Waals surface area contributed by atoms with Crippen LogP contribution in [0, 0.1) is 0 Å². The molecule has 26 heavy (non-hydrogen) atoms. The van der Waals surface area contributed by atoms with Crippen LogP contribution in [0.15, 0.2) is 60.7 Å². The summed E-state index contributed by atoms with van der Waals surface area (Å²) in [6.45, 7) is 5.75. The molecule has 0 aliphatic heterocycles. The first-order chi connectivity index (χ1) is 12.4. The van der Waals surface area contributed by atoms with E-state index in [4.69, 9.17) is 0 Å². The van der Waals surface area contributed by atoms with Crippen LogP contribution < -0.4 is 5.43 Å². The summed E-state index contributed by atoms with van der Waals surface area (Å²) in [5, 5.41) is 1.46. The first-order valence-electron chi connectivity index (χ1n) is 9.11. The van der Waals surface area contributed by atoms with E-state index in [-0.39, 0.29) is 11.8 Å². The average molecular weight is 352 g/mol. The number of rotatable bonds is 6. The summed E-state index contributed by atoms with van der Waals surface area (Å²) in [6, 6.07) is 19.2. The maximum atomic E-state index is 12.7. The molecule has 0 saturated heterocycles. The first kappa shape index (κ1) is 19.7. The van der Waals surface area contributed by atoms with Crippen molar-refractivity contribution in [3.8, 4) is 0 Å². The Balaban J connectivity index is 1.89. The van der Waals surface area contributed by atoms with Crippen LogP contribution in [0.5, 0.6) is 0 Å². The van der Waals surface area contributed by atoms with E-state index in [9.17, 15) is 9.59 Å². The minimum Gasteiger partial charge on any atom is -0.273 e. The monoisotopic (exact) mass is 352 g/mol. The number of unbranched alkanes of at least 4 members (excludes halogenated alkanes) is 1. The molecule has 2 aromatic rings. The Hall–Kier alpha value is -2.62. The van der Waals surface area contributed by atoms with Crippen molar-refractivity contribution in [3.63, 3.8) is 0 Å². The molecular weight excluding hydrogens is 324 g/mol. The quantitative estimate of drug-likeness (QED) is 0.620. The smallest absolute Gasteiger partial charge is 0.269 e. The largest absolute Gasteiger partial charge is 0.273 e. The molecule has 0 spiro atoms. The maximum absolute atomic E-state index is 12.7. The van der Waals surface area contributed by atoms with Gasteiger partial charge in [-0.3, -0.25) is 15.0 Å². The summed E-state index contributed by atoms with van der Waals surface area (Å²) < 4.78 is 0. The minimum absolute atomic E-state index is 0.0603. The molecule has 0 aliphatic rings. The molecule has 0 saturated carbocycles. The molecule has 0 atom stereocenters. The van der Waals surface area contributed by atoms with Crippen LogP contribution >= 0.6 is 0 Å². The molecule has 0 aliphatic carbocycles. The fourth-order valence-corrected chi connectivity index (χ4v) is 2.72. The topological polar surface area (TPSA) is 49.4 Å². The van der Waals surface area contributed by atoms with E-state index in [1.54, 1.807) is 12.1 Å². The van der Waals surface area contributed by atoms with E-state index in [1.807, 2.05) is 57.2 Å². The molecule has 4 nitrogen and oxygen atoms in total. The third-order valence-electron chi connectivity index (χ3n) is 4.12. The normalized spacial score (nSPS) is 11.0. The van der Waals surface area contributed by atoms with E-state index in [1.165, 1.54) is 10.6 Å². The third-order valence-corrected chi connectivity index (χ3v) is 4.12. The Morgan fingerprint density at radius 1 is 0.885 bits per heavy atom. The second-order valence-corrected chi connectivity index (χ2v) is 7.40. The van der Waals surface area contributed by atoms with Crippen molar-refractivity contribution in [1.29, 1.82) is 0 Å². The van der Waals surface area contributed by atoms with Crippen LogP contribution in [-0.4, -0.2) is 22.4 Å². The standard InChI is InChI=1S/C22H28N2O2/c1-22(2,3)24(23-21(26)19-15-8-5-9-16-19)20(25)17-11-10-14-18-12-6-4-7-13-18/h4-9,12-13,15-16H,10-11,14,17H2,1-3H3,(H,23,26). The molecule has 0 aromatic heterocycles. The van der Waals surface area contributed by atoms with Gasteiger partial charge < -0.3 is 0 Å². The molecule has 2 aromatic carbocycles. The molecule has 2 rings (SSSR count). The predicted molar refractivity (Wildman–Crippen MR) is 105 cm³/mol. The van der Waals surface area contributed by atoms with Gasteiger partial charge in [0.15, 0.2) is 0 Å². The summed E-state index contributed by atoms with van der Waals surface area (Å²) >= 11 is 0. The van der Waals surface area contributed by atoms with Crippen molar-refractivity contribution < 1.29 is 9.59 Å². The van der Waals surface area contributed by atoms with Crippen LogP contribution in [0.25, 0.3) is 0 Å². The molecule has 1 N–H and O–H groups in total. The van der Waals surface area contributed by atoms with Crippen molar-refractivity contribution in [2.75, 3.05) is 0 Å². The second kappa shape index (κ2) is 9.18. The van der Waals surface area contributed by atoms with Gasteiger partial charge in [0.2, 0.25) is 5.91 Å². The number of carbonyl (C=O) groups excluding carboxylic acids is 2. The number of benzene rings is 2. The van der Waals surface area contributed by atoms with Gasteiger partial charge in [-0.1, -0.05) is 48.5 Å². The highest BCUT2D eigenvalue weighted by molar-refractivity contribution is 5.95. The molecule has 0 heterocycles. The van der Waals surface area contributed by atoms with Crippen LogP contribution in [0.1, 0.15) is 56.0 Å². The molecular formula is C22H28N2O2. The van der Waals surface area contributed by atoms with E-state index in [0.717, 1.165) is 19.3 Å². The van der Waals surface area contributed by atoms with Crippen molar-refractivity contribution in [2.24, 2.45) is 0 Å². The summed E-state index contributed by atoms with van der Waals surface area (Å²) in [6.07, 6.45) is 3.11. The first-order valence-corrected chi connectivity index (χ1v) is 9.11. The van der Waals surface area contributed by atoms with Gasteiger partial charge in [0.05, 0.1) is 5.54 Å². The predicted octanol–water partition coefficient (Wildman–Crippen LogP) is 4.37. The number of nitrogens with zero attached hydrogens (tertiary/aromatic N) is 1. The number of carbonyl (C=O) groups is 2. The van der Waals surface area contributed by atoms with Crippen molar-refractivity contribution in [2.45, 2.75) is 52.0 Å². The van der Waals surface area contributed by atoms with Gasteiger partial charge >= 0.3 is 0 Å². The summed E-state index contributed by atoms with van der Waals surface area (Å²) in [4.78, 5) is 25.1. The number of hydrogen-bond acceptors (Lipinski definition) is 2. The number of nitrogens with one attached hydrogen (secondary N) is 1. The Kier molecular flexibility index (Phi) is 6.96. The second-order valence-electron chi connectivity index (χ2n) is 7.40. The van der Waals surface area contributed by atoms with Gasteiger partial charge in [0, 0.05) is 12.0 Å². The lowest BCUT2D eigenvalue weighted by Gasteiger charge is -2.35. The van der Waals surface area contributed by atoms with Gasteiger partial charge in [0.25, 0.3) is 5.91 Å². The molecule has 0 fully saturated rings. The average Bonchev–Trinajstić information content (AvgIpc) is 2.63. The highest BCUT2D eigenvalue weighted by atomic mass is 16.2. The lowest BCUT2D eigenvalue weighted by molar-refractivity contribution is -0.139. The molecule has 0 radical (unpaired) electrons. The zero-order valence-electron chi connectivity index (χ0n) is 15.9. The van der Waals surface area contributed by atoms with Crippen LogP contribution in [0.2, 0.25) is 0 Å². The Bertz CT molecular complexity index is 706. The van der Waals surface area contributed by atoms with Gasteiger partial charge in [-0.25, -0.2) is 5.01 Å². The lowest BCUT2D eigenvalue weighted by Crippen LogP contribution is -2.55. The number of hydrogen-bond donors (Lipinski definition) is 1. The zero-order chi connectivity index (χ0) is 19.0. The van der Waals surface area contributed by atoms with Crippen LogP contribution in [-0.2, 0) is 11.2 Å². The van der Waals surface area contributed by atoms with Crippen LogP contribution in [0.4, 0.5) is 0 Å². The lowest BCUT2D eigenvalue weighted by atomic mass is 10.0. The van der Waals surface area contributed by atoms with Crippen LogP contribution in [0.3, 0.4) is 0 Å². The molecule has 4 heteroatoms. The summed E-state index contributed by atoms with van der Waals surface area (Å²) in [5.74, 6) is -0.326. The molecule has 0 bridgehead atoms. The molecule has 138 valence electrons. The van der Waals surface area contributed by atoms with Crippen molar-refractivity contribution >= 4 is 11.8 Å². The van der Waals surface area contributed by atoms with Gasteiger partial charge in [-0.05, 0) is 57.7 Å². The fraction of sp³-hybridized carbons (Fsp3) is 0.364. The van der Waals surface area contributed by atoms with Crippen molar-refractivity contribution in [3.05, 3.63) is 71.8 Å². The van der Waals surface area contributed by atoms with Gasteiger partial charge in [-0.15, -0.1) is 0 Å². The number of amides is 2. The Morgan fingerprint density at radius 3 is 2.04 bits per heavy atom. The van der Waals surface area contributed by atoms with Crippen molar-refractivity contribution in [1.82, 2.24) is 10.4 Å². The van der Waals surface area contributed by atoms with Gasteiger partial charge in [-0.2, -0.15) is 0 Å². The summed E-state index contributed by atoms with van der Waals surface area (Å²) in [5.41, 5.74) is 4.11. The SMILES string of the molecule is CC(C)(C)N(NC(=O)c1ccccc1)C(=O)CCCCc1ccccc1. The fourth-order valence-electron chi connectivity index (χ4n) is 2.72. The number of aryl methyl sites for hydroxylation is 1. The van der Waals surface area contributed by atoms with E-state index < -0.39 is 5.54 Å². The molecule has 0 unspecified atom stereocenters. The highest BCUT2D eigenvalue weighted by Gasteiger charge is 2.28. The maximum Gasteiger partial charge on any atom is 0.269 e. The van der Waals surface area contributed by atoms with E-state index in [2.05, 4.69) is 17.6 Å². The highest BCUT2D eigenvalue weighted by Crippen LogP contribution is 2.15. The Labute approximate surface area is 156 Å². The van der Waals surface area contributed by atoms with E-state index in [0.29, 0.717) is 12.0 Å². The van der Waals surface area contributed by atoms with Gasteiger partial charge in [0.1, 0.15) is 0 Å². The minimum atomic E-state index is -0.485. The molecule has 2 amide bonds. The summed E-state index contributed by atoms with van der Waals surface area (Å²) in [7, 11) is 0. The zero-order valence-corrected chi connectivity index (χ0v) is 15.9. The third kappa shape index (κ3) is 6.03. The number of hydrazine groups is 1. The Morgan fingerprint density at radius 2 is 1.46 bits per heavy atom.